The number of unbranched alkanes of at least 4 members (excludes halogenated alkanes) is 1. The van der Waals surface area contributed by atoms with Gasteiger partial charge in [-0.1, -0.05) is 12.1 Å². The highest BCUT2D eigenvalue weighted by atomic mass is 127. The fraction of sp³-hybridized carbons (Fsp3) is 0.571. The number of benzene rings is 1. The number of aliphatic imine (C=N–C) groups is 1. The largest absolute Gasteiger partial charge is 0.393 e. The van der Waals surface area contributed by atoms with Gasteiger partial charge in [0, 0.05) is 25.7 Å². The van der Waals surface area contributed by atoms with Gasteiger partial charge in [-0.2, -0.15) is 0 Å². The Balaban J connectivity index is 0.00000300. The number of imide groups is 1. The van der Waals surface area contributed by atoms with Crippen molar-refractivity contribution in [1.82, 2.24) is 15.5 Å². The number of guanidine groups is 1. The van der Waals surface area contributed by atoms with Gasteiger partial charge in [-0.05, 0) is 57.6 Å². The number of halogens is 1. The Bertz CT molecular complexity index is 697. The van der Waals surface area contributed by atoms with Crippen LogP contribution in [0.5, 0.6) is 0 Å². The number of nitrogens with zero attached hydrogens (tertiary/aromatic N) is 2. The third kappa shape index (κ3) is 6.15. The Morgan fingerprint density at radius 3 is 2.31 bits per heavy atom. The highest BCUT2D eigenvalue weighted by Crippen LogP contribution is 2.22. The predicted octanol–water partition coefficient (Wildman–Crippen LogP) is 2.54. The monoisotopic (exact) mass is 514 g/mol. The molecule has 0 bridgehead atoms. The zero-order valence-electron chi connectivity index (χ0n) is 16.9. The Morgan fingerprint density at radius 1 is 1.10 bits per heavy atom. The van der Waals surface area contributed by atoms with Gasteiger partial charge in [0.05, 0.1) is 17.2 Å². The van der Waals surface area contributed by atoms with Crippen molar-refractivity contribution in [3.63, 3.8) is 0 Å². The van der Waals surface area contributed by atoms with Gasteiger partial charge in [0.1, 0.15) is 0 Å². The van der Waals surface area contributed by atoms with Crippen molar-refractivity contribution in [2.24, 2.45) is 4.99 Å². The number of aliphatic hydroxyl groups is 1. The first-order valence-electron chi connectivity index (χ1n) is 10.3. The van der Waals surface area contributed by atoms with Crippen LogP contribution in [0, 0.1) is 0 Å². The molecule has 1 aliphatic heterocycles. The topological polar surface area (TPSA) is 94.0 Å². The number of carbonyl (C=O) groups is 2. The molecule has 29 heavy (non-hydrogen) atoms. The number of rotatable bonds is 7. The summed E-state index contributed by atoms with van der Waals surface area (Å²) >= 11 is 0. The zero-order chi connectivity index (χ0) is 19.9. The fourth-order valence-electron chi connectivity index (χ4n) is 3.75. The van der Waals surface area contributed by atoms with Gasteiger partial charge >= 0.3 is 0 Å². The average molecular weight is 514 g/mol. The molecule has 8 heteroatoms. The molecule has 1 aliphatic carbocycles. The molecule has 0 saturated heterocycles. The summed E-state index contributed by atoms with van der Waals surface area (Å²) in [6.07, 6.45) is 4.92. The van der Waals surface area contributed by atoms with Crippen LogP contribution in [0.1, 0.15) is 66.2 Å². The van der Waals surface area contributed by atoms with Crippen LogP contribution in [-0.2, 0) is 0 Å². The van der Waals surface area contributed by atoms with E-state index in [4.69, 9.17) is 0 Å². The molecular formula is C21H31IN4O3. The summed E-state index contributed by atoms with van der Waals surface area (Å²) in [5, 5.41) is 16.3. The van der Waals surface area contributed by atoms with E-state index in [9.17, 15) is 14.7 Å². The minimum atomic E-state index is -0.196. The molecule has 7 nitrogen and oxygen atoms in total. The molecule has 1 heterocycles. The molecule has 1 aromatic carbocycles. The van der Waals surface area contributed by atoms with Crippen LogP contribution in [0.2, 0.25) is 0 Å². The van der Waals surface area contributed by atoms with Crippen LogP contribution in [0.3, 0.4) is 0 Å². The smallest absolute Gasteiger partial charge is 0.261 e. The highest BCUT2D eigenvalue weighted by Gasteiger charge is 2.34. The number of carbonyl (C=O) groups excluding carboxylic acids is 2. The first kappa shape index (κ1) is 23.6. The van der Waals surface area contributed by atoms with E-state index >= 15 is 0 Å². The van der Waals surface area contributed by atoms with Crippen LogP contribution in [0.25, 0.3) is 0 Å². The minimum absolute atomic E-state index is 0. The van der Waals surface area contributed by atoms with Crippen molar-refractivity contribution >= 4 is 41.8 Å². The molecule has 3 N–H and O–H groups in total. The average Bonchev–Trinajstić information content (AvgIpc) is 2.94. The van der Waals surface area contributed by atoms with Gasteiger partial charge in [0.15, 0.2) is 5.96 Å². The van der Waals surface area contributed by atoms with Crippen molar-refractivity contribution in [2.75, 3.05) is 19.6 Å². The molecule has 0 spiro atoms. The van der Waals surface area contributed by atoms with E-state index < -0.39 is 0 Å². The number of nitrogens with one attached hydrogen (secondary N) is 2. The summed E-state index contributed by atoms with van der Waals surface area (Å²) < 4.78 is 0. The quantitative estimate of drug-likeness (QED) is 0.171. The van der Waals surface area contributed by atoms with Gasteiger partial charge in [-0.3, -0.25) is 19.5 Å². The highest BCUT2D eigenvalue weighted by molar-refractivity contribution is 14.0. The second-order valence-corrected chi connectivity index (χ2v) is 7.43. The lowest BCUT2D eigenvalue weighted by atomic mass is 9.93. The molecule has 1 aromatic rings. The lowest BCUT2D eigenvalue weighted by Gasteiger charge is -2.27. The van der Waals surface area contributed by atoms with Crippen LogP contribution in [0.15, 0.2) is 29.3 Å². The molecule has 2 amide bonds. The van der Waals surface area contributed by atoms with Crippen molar-refractivity contribution in [1.29, 1.82) is 0 Å². The summed E-state index contributed by atoms with van der Waals surface area (Å²) in [7, 11) is 0. The van der Waals surface area contributed by atoms with Gasteiger partial charge in [-0.15, -0.1) is 24.0 Å². The SMILES string of the molecule is CCNC(=NCCCCN1C(=O)c2ccccc2C1=O)NC1CCC(O)CC1.I. The summed E-state index contributed by atoms with van der Waals surface area (Å²) in [4.78, 5) is 30.6. The third-order valence-electron chi connectivity index (χ3n) is 5.32. The Labute approximate surface area is 189 Å². The lowest BCUT2D eigenvalue weighted by Crippen LogP contribution is -2.45. The van der Waals surface area contributed by atoms with Crippen LogP contribution in [-0.4, -0.2) is 59.6 Å². The van der Waals surface area contributed by atoms with Crippen molar-refractivity contribution in [3.05, 3.63) is 35.4 Å². The predicted molar refractivity (Wildman–Crippen MR) is 124 cm³/mol. The van der Waals surface area contributed by atoms with E-state index in [1.54, 1.807) is 24.3 Å². The maximum absolute atomic E-state index is 12.3. The number of aliphatic hydroxyl groups excluding tert-OH is 1. The number of hydrogen-bond acceptors (Lipinski definition) is 4. The van der Waals surface area contributed by atoms with Crippen molar-refractivity contribution in [2.45, 2.75) is 57.6 Å². The van der Waals surface area contributed by atoms with Gasteiger partial charge in [0.2, 0.25) is 0 Å². The molecule has 0 unspecified atom stereocenters. The van der Waals surface area contributed by atoms with Crippen LogP contribution in [0.4, 0.5) is 0 Å². The van der Waals surface area contributed by atoms with Crippen molar-refractivity contribution < 1.29 is 14.7 Å². The Morgan fingerprint density at radius 2 is 1.72 bits per heavy atom. The molecule has 1 saturated carbocycles. The molecule has 1 fully saturated rings. The van der Waals surface area contributed by atoms with Gasteiger partial charge < -0.3 is 15.7 Å². The lowest BCUT2D eigenvalue weighted by molar-refractivity contribution is 0.0652. The zero-order valence-corrected chi connectivity index (χ0v) is 19.2. The molecule has 0 aromatic heterocycles. The molecule has 0 radical (unpaired) electrons. The second kappa shape index (κ2) is 11.5. The maximum Gasteiger partial charge on any atom is 0.261 e. The van der Waals surface area contributed by atoms with Gasteiger partial charge in [0.25, 0.3) is 11.8 Å². The molecule has 0 atom stereocenters. The van der Waals surface area contributed by atoms with Crippen molar-refractivity contribution in [3.8, 4) is 0 Å². The fourth-order valence-corrected chi connectivity index (χ4v) is 3.75. The van der Waals surface area contributed by atoms with Crippen LogP contribution < -0.4 is 10.6 Å². The normalized spacial score (nSPS) is 21.6. The molecular weight excluding hydrogens is 483 g/mol. The molecule has 160 valence electrons. The molecule has 3 rings (SSSR count). The summed E-state index contributed by atoms with van der Waals surface area (Å²) in [6, 6.07) is 7.32. The number of hydrogen-bond donors (Lipinski definition) is 3. The van der Waals surface area contributed by atoms with Crippen LogP contribution >= 0.6 is 24.0 Å². The standard InChI is InChI=1S/C21H30N4O3.HI/c1-2-22-21(24-15-9-11-16(26)12-10-15)23-13-5-6-14-25-19(27)17-7-3-4-8-18(17)20(25)28;/h3-4,7-8,15-16,26H,2,5-6,9-14H2,1H3,(H2,22,23,24);1H. The Hall–Kier alpha value is -1.68. The first-order valence-corrected chi connectivity index (χ1v) is 10.3. The number of fused-ring (bicyclic) bond motifs is 1. The van der Waals surface area contributed by atoms with E-state index in [0.29, 0.717) is 30.3 Å². The van der Waals surface area contributed by atoms with E-state index in [0.717, 1.165) is 51.0 Å². The summed E-state index contributed by atoms with van der Waals surface area (Å²) in [6.45, 7) is 3.88. The van der Waals surface area contributed by atoms with Gasteiger partial charge in [-0.25, -0.2) is 0 Å². The maximum atomic E-state index is 12.3. The van der Waals surface area contributed by atoms with E-state index in [1.807, 2.05) is 6.92 Å². The first-order chi connectivity index (χ1) is 13.6. The minimum Gasteiger partial charge on any atom is -0.393 e. The Kier molecular flexibility index (Phi) is 9.35. The third-order valence-corrected chi connectivity index (χ3v) is 5.32. The summed E-state index contributed by atoms with van der Waals surface area (Å²) in [5.74, 6) is 0.404. The van der Waals surface area contributed by atoms with E-state index in [1.165, 1.54) is 4.90 Å². The summed E-state index contributed by atoms with van der Waals surface area (Å²) in [5.41, 5.74) is 1.00. The molecule has 2 aliphatic rings. The van der Waals surface area contributed by atoms with E-state index in [-0.39, 0.29) is 41.9 Å². The second-order valence-electron chi connectivity index (χ2n) is 7.43. The number of amides is 2. The van der Waals surface area contributed by atoms with E-state index in [2.05, 4.69) is 15.6 Å².